The number of aromatic nitrogens is 3. The molecule has 1 saturated heterocycles. The molecule has 1 N–H and O–H groups in total. The quantitative estimate of drug-likeness (QED) is 0.663. The number of anilines is 1. The molecular formula is C25H29N5O2. The maximum absolute atomic E-state index is 13.4. The van der Waals surface area contributed by atoms with Crippen molar-refractivity contribution in [2.75, 3.05) is 5.32 Å². The summed E-state index contributed by atoms with van der Waals surface area (Å²) in [7, 11) is 0. The van der Waals surface area contributed by atoms with E-state index in [4.69, 9.17) is 0 Å². The van der Waals surface area contributed by atoms with Gasteiger partial charge in [0.1, 0.15) is 6.04 Å². The first-order valence-corrected chi connectivity index (χ1v) is 11.5. The molecule has 3 unspecified atom stereocenters. The lowest BCUT2D eigenvalue weighted by molar-refractivity contribution is -0.120. The zero-order chi connectivity index (χ0) is 22.2. The van der Waals surface area contributed by atoms with Crippen molar-refractivity contribution in [1.29, 1.82) is 0 Å². The van der Waals surface area contributed by atoms with E-state index in [2.05, 4.69) is 29.2 Å². The van der Waals surface area contributed by atoms with Gasteiger partial charge in [0.2, 0.25) is 5.91 Å². The third-order valence-electron chi connectivity index (χ3n) is 6.84. The molecule has 3 aromatic rings. The third kappa shape index (κ3) is 3.66. The van der Waals surface area contributed by atoms with E-state index in [0.29, 0.717) is 17.2 Å². The van der Waals surface area contributed by atoms with Gasteiger partial charge in [-0.05, 0) is 57.2 Å². The molecule has 1 aromatic carbocycles. The summed E-state index contributed by atoms with van der Waals surface area (Å²) < 4.78 is 1.86. The van der Waals surface area contributed by atoms with E-state index in [-0.39, 0.29) is 23.9 Å². The van der Waals surface area contributed by atoms with Gasteiger partial charge in [0, 0.05) is 23.0 Å². The number of amides is 2. The fourth-order valence-corrected chi connectivity index (χ4v) is 5.33. The van der Waals surface area contributed by atoms with Crippen LogP contribution in [0.2, 0.25) is 0 Å². The van der Waals surface area contributed by atoms with Crippen molar-refractivity contribution in [2.24, 2.45) is 5.92 Å². The summed E-state index contributed by atoms with van der Waals surface area (Å²) in [6.45, 7) is 4.11. The van der Waals surface area contributed by atoms with Gasteiger partial charge in [-0.25, -0.2) is 9.67 Å². The highest BCUT2D eigenvalue weighted by Crippen LogP contribution is 2.41. The Morgan fingerprint density at radius 2 is 1.88 bits per heavy atom. The van der Waals surface area contributed by atoms with Crippen molar-refractivity contribution in [2.45, 2.75) is 64.1 Å². The van der Waals surface area contributed by atoms with Gasteiger partial charge < -0.3 is 10.2 Å². The van der Waals surface area contributed by atoms with Crippen LogP contribution in [0.4, 0.5) is 5.69 Å². The molecule has 7 heteroatoms. The van der Waals surface area contributed by atoms with Crippen LogP contribution in [-0.4, -0.2) is 43.6 Å². The number of nitrogens with one attached hydrogen (secondary N) is 1. The van der Waals surface area contributed by atoms with Crippen molar-refractivity contribution in [1.82, 2.24) is 19.7 Å². The number of nitrogens with zero attached hydrogens (tertiary/aromatic N) is 4. The van der Waals surface area contributed by atoms with Gasteiger partial charge in [-0.3, -0.25) is 9.59 Å². The van der Waals surface area contributed by atoms with Gasteiger partial charge in [-0.2, -0.15) is 5.10 Å². The second-order valence-electron chi connectivity index (χ2n) is 9.25. The first-order chi connectivity index (χ1) is 15.5. The Labute approximate surface area is 187 Å². The molecule has 1 aliphatic carbocycles. The summed E-state index contributed by atoms with van der Waals surface area (Å²) >= 11 is 0. The molecule has 1 aliphatic heterocycles. The molecule has 0 radical (unpaired) electrons. The molecule has 32 heavy (non-hydrogen) atoms. The van der Waals surface area contributed by atoms with Gasteiger partial charge in [0.25, 0.3) is 5.91 Å². The Morgan fingerprint density at radius 1 is 1.09 bits per heavy atom. The number of benzene rings is 1. The molecule has 3 atom stereocenters. The lowest BCUT2D eigenvalue weighted by Crippen LogP contribution is -2.47. The van der Waals surface area contributed by atoms with Gasteiger partial charge in [0.05, 0.1) is 18.1 Å². The van der Waals surface area contributed by atoms with Gasteiger partial charge in [-0.1, -0.05) is 31.0 Å². The van der Waals surface area contributed by atoms with Crippen molar-refractivity contribution in [3.63, 3.8) is 0 Å². The second kappa shape index (κ2) is 8.37. The van der Waals surface area contributed by atoms with Crippen LogP contribution in [0.1, 0.15) is 62.4 Å². The molecule has 2 aliphatic rings. The normalized spacial score (nSPS) is 22.8. The van der Waals surface area contributed by atoms with Crippen LogP contribution >= 0.6 is 0 Å². The minimum Gasteiger partial charge on any atom is -0.323 e. The van der Waals surface area contributed by atoms with Crippen LogP contribution in [0.15, 0.2) is 48.8 Å². The molecule has 1 saturated carbocycles. The molecule has 2 fully saturated rings. The maximum atomic E-state index is 13.4. The largest absolute Gasteiger partial charge is 0.323 e. The summed E-state index contributed by atoms with van der Waals surface area (Å²) in [6.07, 6.45) is 8.48. The predicted octanol–water partition coefficient (Wildman–Crippen LogP) is 4.42. The molecule has 2 amide bonds. The number of rotatable bonds is 4. The Balaban J connectivity index is 1.41. The molecule has 5 rings (SSSR count). The molecule has 7 nitrogen and oxygen atoms in total. The zero-order valence-corrected chi connectivity index (χ0v) is 18.6. The van der Waals surface area contributed by atoms with Gasteiger partial charge >= 0.3 is 0 Å². The number of hydrogen-bond acceptors (Lipinski definition) is 4. The van der Waals surface area contributed by atoms with Crippen molar-refractivity contribution in [3.05, 3.63) is 54.4 Å². The van der Waals surface area contributed by atoms with Crippen molar-refractivity contribution in [3.8, 4) is 0 Å². The Kier molecular flexibility index (Phi) is 5.41. The minimum atomic E-state index is -0.468. The van der Waals surface area contributed by atoms with E-state index in [1.807, 2.05) is 46.0 Å². The van der Waals surface area contributed by atoms with Crippen molar-refractivity contribution >= 4 is 28.5 Å². The highest BCUT2D eigenvalue weighted by molar-refractivity contribution is 6.02. The highest BCUT2D eigenvalue weighted by Gasteiger charge is 2.47. The first kappa shape index (κ1) is 20.7. The standard InChI is InChI=1S/C25H29N5O2/c1-16(2)30-23-19(14-27-30)12-20(15-26-23)28-24(31)22-13-18-10-6-7-11-21(18)29(22)25(32)17-8-4-3-5-9-17/h3-5,8-9,12,14-16,18,21-22H,6-7,10-11,13H2,1-2H3,(H,28,31). The second-order valence-corrected chi connectivity index (χ2v) is 9.25. The van der Waals surface area contributed by atoms with Crippen molar-refractivity contribution < 1.29 is 9.59 Å². The number of fused-ring (bicyclic) bond motifs is 2. The summed E-state index contributed by atoms with van der Waals surface area (Å²) in [4.78, 5) is 33.2. The van der Waals surface area contributed by atoms with Crippen LogP contribution in [0, 0.1) is 5.92 Å². The molecule has 0 bridgehead atoms. The van der Waals surface area contributed by atoms with E-state index in [9.17, 15) is 9.59 Å². The molecule has 3 heterocycles. The average molecular weight is 432 g/mol. The van der Waals surface area contributed by atoms with Crippen LogP contribution < -0.4 is 5.32 Å². The molecular weight excluding hydrogens is 402 g/mol. The monoisotopic (exact) mass is 431 g/mol. The third-order valence-corrected chi connectivity index (χ3v) is 6.84. The minimum absolute atomic E-state index is 0.0491. The van der Waals surface area contributed by atoms with E-state index in [0.717, 1.165) is 36.7 Å². The van der Waals surface area contributed by atoms with E-state index in [1.165, 1.54) is 6.42 Å². The topological polar surface area (TPSA) is 80.1 Å². The summed E-state index contributed by atoms with van der Waals surface area (Å²) in [5, 5.41) is 8.31. The predicted molar refractivity (Wildman–Crippen MR) is 123 cm³/mol. The smallest absolute Gasteiger partial charge is 0.254 e. The van der Waals surface area contributed by atoms with Crippen LogP contribution in [0.25, 0.3) is 11.0 Å². The summed E-state index contributed by atoms with van der Waals surface area (Å²) in [6, 6.07) is 11.1. The number of pyridine rings is 1. The number of carbonyl (C=O) groups excluding carboxylic acids is 2. The lowest BCUT2D eigenvalue weighted by Gasteiger charge is -2.33. The number of carbonyl (C=O) groups is 2. The van der Waals surface area contributed by atoms with E-state index >= 15 is 0 Å². The lowest BCUT2D eigenvalue weighted by atomic mass is 9.84. The van der Waals surface area contributed by atoms with E-state index in [1.54, 1.807) is 12.4 Å². The molecule has 0 spiro atoms. The summed E-state index contributed by atoms with van der Waals surface area (Å²) in [5.41, 5.74) is 2.07. The Bertz CT molecular complexity index is 1140. The van der Waals surface area contributed by atoms with Crippen LogP contribution in [-0.2, 0) is 4.79 Å². The van der Waals surface area contributed by atoms with Crippen LogP contribution in [0.5, 0.6) is 0 Å². The first-order valence-electron chi connectivity index (χ1n) is 11.5. The fourth-order valence-electron chi connectivity index (χ4n) is 5.33. The average Bonchev–Trinajstić information content (AvgIpc) is 3.40. The van der Waals surface area contributed by atoms with Crippen LogP contribution in [0.3, 0.4) is 0 Å². The Hall–Kier alpha value is -3.22. The van der Waals surface area contributed by atoms with Gasteiger partial charge in [0.15, 0.2) is 5.65 Å². The van der Waals surface area contributed by atoms with Gasteiger partial charge in [-0.15, -0.1) is 0 Å². The number of likely N-dealkylation sites (tertiary alicyclic amines) is 1. The number of hydrogen-bond donors (Lipinski definition) is 1. The zero-order valence-electron chi connectivity index (χ0n) is 18.6. The fraction of sp³-hybridized carbons (Fsp3) is 0.440. The molecule has 2 aromatic heterocycles. The summed E-state index contributed by atoms with van der Waals surface area (Å²) in [5.74, 6) is 0.199. The highest BCUT2D eigenvalue weighted by atomic mass is 16.2. The SMILES string of the molecule is CC(C)n1ncc2cc(NC(=O)C3CC4CCCCC4N3C(=O)c3ccccc3)cnc21. The maximum Gasteiger partial charge on any atom is 0.254 e. The Morgan fingerprint density at radius 3 is 2.66 bits per heavy atom. The van der Waals surface area contributed by atoms with E-state index < -0.39 is 6.04 Å². The molecule has 166 valence electrons.